The second kappa shape index (κ2) is 8.50. The number of hydrogen-bond acceptors (Lipinski definition) is 3. The number of rotatable bonds is 7. The summed E-state index contributed by atoms with van der Waals surface area (Å²) in [6.07, 6.45) is 0.891. The van der Waals surface area contributed by atoms with Crippen molar-refractivity contribution in [3.05, 3.63) is 0 Å². The summed E-state index contributed by atoms with van der Waals surface area (Å²) >= 11 is 0. The topological polar surface area (TPSA) is 67.4 Å². The van der Waals surface area contributed by atoms with Gasteiger partial charge in [-0.05, 0) is 13.3 Å². The van der Waals surface area contributed by atoms with Crippen LogP contribution >= 0.6 is 0 Å². The summed E-state index contributed by atoms with van der Waals surface area (Å²) in [5, 5.41) is 5.21. The molecule has 0 saturated carbocycles. The molecule has 5 heteroatoms. The standard InChI is InChI=1S/C9H18N2O3/c1-3-5-11-9(13)7-14-6-8(12)10-4-2/h3-7H2,1-2H3,(H,10,12)(H,11,13). The Balaban J connectivity index is 3.34. The van der Waals surface area contributed by atoms with Crippen LogP contribution in [0.25, 0.3) is 0 Å². The number of amides is 2. The van der Waals surface area contributed by atoms with Crippen LogP contribution in [-0.4, -0.2) is 38.1 Å². The van der Waals surface area contributed by atoms with Crippen LogP contribution in [0.2, 0.25) is 0 Å². The molecule has 0 heterocycles. The zero-order valence-electron chi connectivity index (χ0n) is 8.76. The number of carbonyl (C=O) groups is 2. The second-order valence-corrected chi connectivity index (χ2v) is 2.80. The predicted octanol–water partition coefficient (Wildman–Crippen LogP) is -0.335. The fraction of sp³-hybridized carbons (Fsp3) is 0.778. The Hall–Kier alpha value is -1.10. The van der Waals surface area contributed by atoms with Crippen LogP contribution in [0.15, 0.2) is 0 Å². The molecular formula is C9H18N2O3. The van der Waals surface area contributed by atoms with Gasteiger partial charge in [-0.2, -0.15) is 0 Å². The van der Waals surface area contributed by atoms with Crippen molar-refractivity contribution in [2.75, 3.05) is 26.3 Å². The summed E-state index contributed by atoms with van der Waals surface area (Å²) < 4.78 is 4.88. The minimum absolute atomic E-state index is 0.0584. The van der Waals surface area contributed by atoms with E-state index in [-0.39, 0.29) is 25.0 Å². The van der Waals surface area contributed by atoms with Crippen molar-refractivity contribution in [1.29, 1.82) is 0 Å². The molecule has 5 nitrogen and oxygen atoms in total. The van der Waals surface area contributed by atoms with E-state index >= 15 is 0 Å². The van der Waals surface area contributed by atoms with Gasteiger partial charge in [0.15, 0.2) is 0 Å². The van der Waals surface area contributed by atoms with Gasteiger partial charge >= 0.3 is 0 Å². The highest BCUT2D eigenvalue weighted by Crippen LogP contribution is 1.77. The van der Waals surface area contributed by atoms with E-state index in [0.717, 1.165) is 6.42 Å². The maximum atomic E-state index is 11.0. The lowest BCUT2D eigenvalue weighted by Crippen LogP contribution is -2.32. The van der Waals surface area contributed by atoms with Crippen molar-refractivity contribution in [3.63, 3.8) is 0 Å². The van der Waals surface area contributed by atoms with Crippen LogP contribution in [0.1, 0.15) is 20.3 Å². The molecule has 0 saturated heterocycles. The van der Waals surface area contributed by atoms with E-state index in [4.69, 9.17) is 4.74 Å². The SMILES string of the molecule is CCCNC(=O)COCC(=O)NCC. The second-order valence-electron chi connectivity index (χ2n) is 2.80. The highest BCUT2D eigenvalue weighted by molar-refractivity contribution is 5.79. The molecule has 0 aliphatic heterocycles. The van der Waals surface area contributed by atoms with E-state index in [1.165, 1.54) is 0 Å². The number of likely N-dealkylation sites (N-methyl/N-ethyl adjacent to an activating group) is 1. The molecule has 0 aliphatic rings. The van der Waals surface area contributed by atoms with E-state index in [1.54, 1.807) is 0 Å². The number of ether oxygens (including phenoxy) is 1. The van der Waals surface area contributed by atoms with E-state index < -0.39 is 0 Å². The molecule has 0 radical (unpaired) electrons. The molecule has 0 bridgehead atoms. The van der Waals surface area contributed by atoms with E-state index in [9.17, 15) is 9.59 Å². The van der Waals surface area contributed by atoms with Gasteiger partial charge in [0.1, 0.15) is 13.2 Å². The Morgan fingerprint density at radius 1 is 1.07 bits per heavy atom. The third-order valence-electron chi connectivity index (χ3n) is 1.41. The van der Waals surface area contributed by atoms with Crippen molar-refractivity contribution in [2.45, 2.75) is 20.3 Å². The zero-order chi connectivity index (χ0) is 10.8. The third kappa shape index (κ3) is 7.54. The molecule has 0 spiro atoms. The first kappa shape index (κ1) is 12.9. The molecule has 82 valence electrons. The lowest BCUT2D eigenvalue weighted by Gasteiger charge is -2.04. The summed E-state index contributed by atoms with van der Waals surface area (Å²) in [4.78, 5) is 21.8. The molecule has 0 aromatic carbocycles. The molecule has 0 rings (SSSR count). The molecular weight excluding hydrogens is 184 g/mol. The Labute approximate surface area is 84.2 Å². The molecule has 0 fully saturated rings. The summed E-state index contributed by atoms with van der Waals surface area (Å²) in [5.74, 6) is -0.382. The van der Waals surface area contributed by atoms with E-state index in [2.05, 4.69) is 10.6 Å². The van der Waals surface area contributed by atoms with Gasteiger partial charge in [0.2, 0.25) is 11.8 Å². The quantitative estimate of drug-likeness (QED) is 0.594. The molecule has 0 aromatic rings. The average Bonchev–Trinajstić information content (AvgIpc) is 2.15. The number of hydrogen-bond donors (Lipinski definition) is 2. The van der Waals surface area contributed by atoms with Crippen molar-refractivity contribution in [1.82, 2.24) is 10.6 Å². The van der Waals surface area contributed by atoms with Crippen LogP contribution in [-0.2, 0) is 14.3 Å². The number of carbonyl (C=O) groups excluding carboxylic acids is 2. The van der Waals surface area contributed by atoms with Crippen molar-refractivity contribution in [2.24, 2.45) is 0 Å². The smallest absolute Gasteiger partial charge is 0.246 e. The van der Waals surface area contributed by atoms with Crippen LogP contribution in [0.5, 0.6) is 0 Å². The maximum absolute atomic E-state index is 11.0. The van der Waals surface area contributed by atoms with Crippen LogP contribution in [0.4, 0.5) is 0 Å². The summed E-state index contributed by atoms with van der Waals surface area (Å²) in [5.41, 5.74) is 0. The normalized spacial score (nSPS) is 9.57. The number of nitrogens with one attached hydrogen (secondary N) is 2. The van der Waals surface area contributed by atoms with Gasteiger partial charge in [-0.15, -0.1) is 0 Å². The van der Waals surface area contributed by atoms with Gasteiger partial charge in [-0.25, -0.2) is 0 Å². The molecule has 0 aromatic heterocycles. The average molecular weight is 202 g/mol. The Bertz CT molecular complexity index is 183. The Kier molecular flexibility index (Phi) is 7.83. The van der Waals surface area contributed by atoms with Gasteiger partial charge in [-0.3, -0.25) is 9.59 Å². The Morgan fingerprint density at radius 2 is 1.64 bits per heavy atom. The fourth-order valence-electron chi connectivity index (χ4n) is 0.800. The highest BCUT2D eigenvalue weighted by Gasteiger charge is 2.02. The largest absolute Gasteiger partial charge is 0.362 e. The molecule has 2 N–H and O–H groups in total. The first-order chi connectivity index (χ1) is 6.70. The van der Waals surface area contributed by atoms with E-state index in [0.29, 0.717) is 13.1 Å². The minimum Gasteiger partial charge on any atom is -0.362 e. The summed E-state index contributed by atoms with van der Waals surface area (Å²) in [6, 6.07) is 0. The van der Waals surface area contributed by atoms with Gasteiger partial charge < -0.3 is 15.4 Å². The fourth-order valence-corrected chi connectivity index (χ4v) is 0.800. The maximum Gasteiger partial charge on any atom is 0.246 e. The van der Waals surface area contributed by atoms with Crippen molar-refractivity contribution < 1.29 is 14.3 Å². The lowest BCUT2D eigenvalue weighted by molar-refractivity contribution is -0.130. The lowest BCUT2D eigenvalue weighted by atomic mass is 10.5. The molecule has 0 atom stereocenters. The van der Waals surface area contributed by atoms with Crippen LogP contribution < -0.4 is 10.6 Å². The van der Waals surface area contributed by atoms with Gasteiger partial charge in [0.25, 0.3) is 0 Å². The van der Waals surface area contributed by atoms with Crippen LogP contribution in [0, 0.1) is 0 Å². The first-order valence-electron chi connectivity index (χ1n) is 4.81. The van der Waals surface area contributed by atoms with Gasteiger partial charge in [0, 0.05) is 13.1 Å². The first-order valence-corrected chi connectivity index (χ1v) is 4.81. The van der Waals surface area contributed by atoms with Gasteiger partial charge in [-0.1, -0.05) is 6.92 Å². The van der Waals surface area contributed by atoms with Crippen LogP contribution in [0.3, 0.4) is 0 Å². The van der Waals surface area contributed by atoms with Crippen molar-refractivity contribution in [3.8, 4) is 0 Å². The monoisotopic (exact) mass is 202 g/mol. The van der Waals surface area contributed by atoms with E-state index in [1.807, 2.05) is 13.8 Å². The third-order valence-corrected chi connectivity index (χ3v) is 1.41. The zero-order valence-corrected chi connectivity index (χ0v) is 8.76. The summed E-state index contributed by atoms with van der Waals surface area (Å²) in [6.45, 7) is 4.89. The summed E-state index contributed by atoms with van der Waals surface area (Å²) in [7, 11) is 0. The minimum atomic E-state index is -0.198. The Morgan fingerprint density at radius 3 is 2.14 bits per heavy atom. The molecule has 14 heavy (non-hydrogen) atoms. The molecule has 0 unspecified atom stereocenters. The molecule has 2 amide bonds. The van der Waals surface area contributed by atoms with Crippen molar-refractivity contribution >= 4 is 11.8 Å². The molecule has 0 aliphatic carbocycles. The predicted molar refractivity (Wildman–Crippen MR) is 52.8 cm³/mol. The highest BCUT2D eigenvalue weighted by atomic mass is 16.5. The van der Waals surface area contributed by atoms with Gasteiger partial charge in [0.05, 0.1) is 0 Å².